The Kier molecular flexibility index (Phi) is 5.88. The molecular formula is C10H16N2. The highest BCUT2D eigenvalue weighted by molar-refractivity contribution is 5.59. The smallest absolute Gasteiger partial charge is 0.154 e. The third-order valence-corrected chi connectivity index (χ3v) is 1.23. The van der Waals surface area contributed by atoms with Crippen molar-refractivity contribution in [2.45, 2.75) is 27.7 Å². The molecule has 0 bridgehead atoms. The molecule has 1 aromatic rings. The number of hydrogen-bond acceptors (Lipinski definition) is 2. The molecule has 2 nitrogen and oxygen atoms in total. The molecule has 0 aromatic carbocycles. The molecule has 0 atom stereocenters. The molecule has 0 aliphatic rings. The average molecular weight is 164 g/mol. The number of rotatable bonds is 1. The first-order valence-corrected chi connectivity index (χ1v) is 4.25. The van der Waals surface area contributed by atoms with Crippen LogP contribution in [0.5, 0.6) is 0 Å². The molecule has 12 heavy (non-hydrogen) atoms. The van der Waals surface area contributed by atoms with E-state index in [9.17, 15) is 0 Å². The summed E-state index contributed by atoms with van der Waals surface area (Å²) in [6.07, 6.45) is 3.49. The zero-order chi connectivity index (χ0) is 9.40. The minimum Gasteiger partial charge on any atom is -0.242 e. The van der Waals surface area contributed by atoms with Crippen molar-refractivity contribution in [2.75, 3.05) is 0 Å². The molecule has 0 aliphatic carbocycles. The fourth-order valence-electron chi connectivity index (χ4n) is 0.735. The van der Waals surface area contributed by atoms with Crippen molar-refractivity contribution in [3.63, 3.8) is 0 Å². The van der Waals surface area contributed by atoms with Gasteiger partial charge in [0, 0.05) is 12.4 Å². The lowest BCUT2D eigenvalue weighted by Gasteiger charge is -1.94. The molecule has 0 saturated heterocycles. The Hall–Kier alpha value is -1.18. The van der Waals surface area contributed by atoms with Crippen LogP contribution in [0.1, 0.15) is 26.3 Å². The molecular weight excluding hydrogens is 148 g/mol. The van der Waals surface area contributed by atoms with Gasteiger partial charge in [0.2, 0.25) is 0 Å². The molecule has 1 heterocycles. The van der Waals surface area contributed by atoms with Crippen molar-refractivity contribution in [3.8, 4) is 0 Å². The van der Waals surface area contributed by atoms with E-state index in [0.717, 1.165) is 11.4 Å². The first kappa shape index (κ1) is 10.8. The van der Waals surface area contributed by atoms with Gasteiger partial charge in [0.15, 0.2) is 5.82 Å². The van der Waals surface area contributed by atoms with Gasteiger partial charge < -0.3 is 0 Å². The molecule has 1 rings (SSSR count). The van der Waals surface area contributed by atoms with Crippen molar-refractivity contribution < 1.29 is 0 Å². The molecule has 0 unspecified atom stereocenters. The molecule has 0 spiro atoms. The highest BCUT2D eigenvalue weighted by Gasteiger charge is 1.90. The molecule has 0 radical (unpaired) electrons. The van der Waals surface area contributed by atoms with Gasteiger partial charge in [-0.15, -0.1) is 0 Å². The van der Waals surface area contributed by atoms with Gasteiger partial charge in [0.25, 0.3) is 0 Å². The maximum atomic E-state index is 4.07. The SMILES string of the molecule is C/C=N\c1ncccc1C.CC. The normalized spacial score (nSPS) is 9.33. The summed E-state index contributed by atoms with van der Waals surface area (Å²) in [5.41, 5.74) is 1.11. The standard InChI is InChI=1S/C8H10N2.C2H6/c1-3-9-8-7(2)5-4-6-10-8;1-2/h3-6H,1-2H3;1-2H3/b9-3-;. The van der Waals surface area contributed by atoms with Crippen LogP contribution in [0.3, 0.4) is 0 Å². The van der Waals surface area contributed by atoms with Crippen molar-refractivity contribution >= 4 is 12.0 Å². The summed E-state index contributed by atoms with van der Waals surface area (Å²) >= 11 is 0. The summed E-state index contributed by atoms with van der Waals surface area (Å²) in [5.74, 6) is 0.810. The summed E-state index contributed by atoms with van der Waals surface area (Å²) in [7, 11) is 0. The Balaban J connectivity index is 0.000000561. The van der Waals surface area contributed by atoms with E-state index in [-0.39, 0.29) is 0 Å². The highest BCUT2D eigenvalue weighted by Crippen LogP contribution is 2.11. The first-order chi connectivity index (χ1) is 5.84. The van der Waals surface area contributed by atoms with Gasteiger partial charge in [-0.3, -0.25) is 0 Å². The van der Waals surface area contributed by atoms with Gasteiger partial charge in [0.05, 0.1) is 0 Å². The lowest BCUT2D eigenvalue weighted by Crippen LogP contribution is -1.77. The van der Waals surface area contributed by atoms with Crippen LogP contribution in [-0.2, 0) is 0 Å². The topological polar surface area (TPSA) is 25.2 Å². The van der Waals surface area contributed by atoms with E-state index >= 15 is 0 Å². The Morgan fingerprint density at radius 3 is 2.58 bits per heavy atom. The molecule has 0 amide bonds. The van der Waals surface area contributed by atoms with E-state index in [4.69, 9.17) is 0 Å². The Labute approximate surface area is 74.4 Å². The molecule has 2 heteroatoms. The third-order valence-electron chi connectivity index (χ3n) is 1.23. The van der Waals surface area contributed by atoms with E-state index in [1.54, 1.807) is 12.4 Å². The summed E-state index contributed by atoms with van der Waals surface area (Å²) in [6.45, 7) is 7.88. The predicted molar refractivity (Wildman–Crippen MR) is 54.1 cm³/mol. The van der Waals surface area contributed by atoms with E-state index in [2.05, 4.69) is 9.98 Å². The van der Waals surface area contributed by atoms with Gasteiger partial charge in [-0.05, 0) is 25.5 Å². The number of aryl methyl sites for hydroxylation is 1. The van der Waals surface area contributed by atoms with Gasteiger partial charge in [0.1, 0.15) is 0 Å². The van der Waals surface area contributed by atoms with Crippen LogP contribution >= 0.6 is 0 Å². The molecule has 0 fully saturated rings. The fourth-order valence-corrected chi connectivity index (χ4v) is 0.735. The van der Waals surface area contributed by atoms with Crippen LogP contribution in [-0.4, -0.2) is 11.2 Å². The van der Waals surface area contributed by atoms with Crippen LogP contribution in [0.4, 0.5) is 5.82 Å². The number of aliphatic imine (C=N–C) groups is 1. The molecule has 0 saturated carbocycles. The molecule has 0 aliphatic heterocycles. The third kappa shape index (κ3) is 3.28. The Morgan fingerprint density at radius 2 is 2.08 bits per heavy atom. The second kappa shape index (κ2) is 6.53. The van der Waals surface area contributed by atoms with Crippen LogP contribution < -0.4 is 0 Å². The highest BCUT2D eigenvalue weighted by atomic mass is 14.9. The van der Waals surface area contributed by atoms with E-state index < -0.39 is 0 Å². The molecule has 66 valence electrons. The van der Waals surface area contributed by atoms with Crippen LogP contribution in [0.25, 0.3) is 0 Å². The van der Waals surface area contributed by atoms with Gasteiger partial charge in [-0.2, -0.15) is 0 Å². The van der Waals surface area contributed by atoms with Crippen molar-refractivity contribution in [2.24, 2.45) is 4.99 Å². The summed E-state index contributed by atoms with van der Waals surface area (Å²) < 4.78 is 0. The first-order valence-electron chi connectivity index (χ1n) is 4.25. The second-order valence-corrected chi connectivity index (χ2v) is 2.03. The van der Waals surface area contributed by atoms with Crippen LogP contribution in [0, 0.1) is 6.92 Å². The number of pyridine rings is 1. The minimum absolute atomic E-state index is 0.810. The second-order valence-electron chi connectivity index (χ2n) is 2.03. The number of hydrogen-bond donors (Lipinski definition) is 0. The van der Waals surface area contributed by atoms with Crippen molar-refractivity contribution in [1.82, 2.24) is 4.98 Å². The lowest BCUT2D eigenvalue weighted by atomic mass is 10.3. The van der Waals surface area contributed by atoms with E-state index in [0.29, 0.717) is 0 Å². The Bertz CT molecular complexity index is 241. The molecule has 1 aromatic heterocycles. The molecule has 0 N–H and O–H groups in total. The van der Waals surface area contributed by atoms with Gasteiger partial charge in [-0.25, -0.2) is 9.98 Å². The van der Waals surface area contributed by atoms with Gasteiger partial charge in [-0.1, -0.05) is 19.9 Å². The summed E-state index contributed by atoms with van der Waals surface area (Å²) in [5, 5.41) is 0. The summed E-state index contributed by atoms with van der Waals surface area (Å²) in [4.78, 5) is 8.14. The van der Waals surface area contributed by atoms with E-state index in [1.165, 1.54) is 0 Å². The average Bonchev–Trinajstić information content (AvgIpc) is 2.13. The fraction of sp³-hybridized carbons (Fsp3) is 0.400. The maximum absolute atomic E-state index is 4.07. The largest absolute Gasteiger partial charge is 0.242 e. The van der Waals surface area contributed by atoms with Gasteiger partial charge >= 0.3 is 0 Å². The Morgan fingerprint density at radius 1 is 1.42 bits per heavy atom. The quantitative estimate of drug-likeness (QED) is 0.585. The van der Waals surface area contributed by atoms with Crippen LogP contribution in [0.15, 0.2) is 23.3 Å². The van der Waals surface area contributed by atoms with E-state index in [1.807, 2.05) is 39.8 Å². The predicted octanol–water partition coefficient (Wildman–Crippen LogP) is 3.14. The monoisotopic (exact) mass is 164 g/mol. The lowest BCUT2D eigenvalue weighted by molar-refractivity contribution is 1.23. The van der Waals surface area contributed by atoms with Crippen molar-refractivity contribution in [3.05, 3.63) is 23.9 Å². The maximum Gasteiger partial charge on any atom is 0.154 e. The number of nitrogens with zero attached hydrogens (tertiary/aromatic N) is 2. The zero-order valence-corrected chi connectivity index (χ0v) is 8.20. The van der Waals surface area contributed by atoms with Crippen molar-refractivity contribution in [1.29, 1.82) is 0 Å². The summed E-state index contributed by atoms with van der Waals surface area (Å²) in [6, 6.07) is 3.90. The zero-order valence-electron chi connectivity index (χ0n) is 8.20. The minimum atomic E-state index is 0.810. The van der Waals surface area contributed by atoms with Crippen LogP contribution in [0.2, 0.25) is 0 Å². The number of aromatic nitrogens is 1.